The van der Waals surface area contributed by atoms with Gasteiger partial charge >= 0.3 is 6.03 Å². The predicted octanol–water partition coefficient (Wildman–Crippen LogP) is 3.27. The van der Waals surface area contributed by atoms with Crippen LogP contribution in [0.25, 0.3) is 16.6 Å². The molecule has 0 aliphatic carbocycles. The average molecular weight is 508 g/mol. The number of carbonyl (C=O) groups is 2. The second kappa shape index (κ2) is 10.6. The van der Waals surface area contributed by atoms with Crippen molar-refractivity contribution in [3.63, 3.8) is 0 Å². The van der Waals surface area contributed by atoms with E-state index in [9.17, 15) is 9.59 Å². The largest absolute Gasteiger partial charge is 0.382 e. The number of benzene rings is 1. The van der Waals surface area contributed by atoms with E-state index in [1.807, 2.05) is 32.0 Å². The van der Waals surface area contributed by atoms with Gasteiger partial charge in [-0.1, -0.05) is 23.7 Å². The van der Waals surface area contributed by atoms with Crippen LogP contribution in [0.5, 0.6) is 0 Å². The van der Waals surface area contributed by atoms with E-state index in [4.69, 9.17) is 17.3 Å². The summed E-state index contributed by atoms with van der Waals surface area (Å²) < 4.78 is 1.51. The molecule has 5 N–H and O–H groups in total. The summed E-state index contributed by atoms with van der Waals surface area (Å²) in [7, 11) is 3.85. The first-order chi connectivity index (χ1) is 17.2. The number of anilines is 3. The zero-order chi connectivity index (χ0) is 25.8. The number of nitrogens with one attached hydrogen (secondary N) is 3. The highest BCUT2D eigenvalue weighted by molar-refractivity contribution is 6.34. The molecule has 0 spiro atoms. The Kier molecular flexibility index (Phi) is 7.32. The minimum atomic E-state index is -0.490. The number of rotatable bonds is 7. The van der Waals surface area contributed by atoms with Gasteiger partial charge in [0.15, 0.2) is 5.82 Å². The van der Waals surface area contributed by atoms with Crippen molar-refractivity contribution in [2.75, 3.05) is 43.6 Å². The van der Waals surface area contributed by atoms with Gasteiger partial charge in [0.25, 0.3) is 5.91 Å². The molecular weight excluding hydrogens is 482 g/mol. The maximum atomic E-state index is 13.1. The van der Waals surface area contributed by atoms with E-state index in [0.717, 1.165) is 5.69 Å². The molecule has 4 rings (SSSR count). The van der Waals surface area contributed by atoms with Gasteiger partial charge in [0.1, 0.15) is 17.7 Å². The van der Waals surface area contributed by atoms with E-state index in [-0.39, 0.29) is 16.7 Å². The van der Waals surface area contributed by atoms with Gasteiger partial charge in [-0.25, -0.2) is 19.3 Å². The van der Waals surface area contributed by atoms with Crippen molar-refractivity contribution in [3.8, 4) is 11.1 Å². The Morgan fingerprint density at radius 3 is 2.69 bits per heavy atom. The molecule has 12 heteroatoms. The Balaban J connectivity index is 1.63. The van der Waals surface area contributed by atoms with E-state index in [1.54, 1.807) is 36.5 Å². The van der Waals surface area contributed by atoms with E-state index in [0.29, 0.717) is 46.8 Å². The Hall–Kier alpha value is -4.22. The molecular formula is C24H26ClN9O2. The minimum Gasteiger partial charge on any atom is -0.382 e. The summed E-state index contributed by atoms with van der Waals surface area (Å²) >= 11 is 6.53. The molecule has 0 radical (unpaired) electrons. The third kappa shape index (κ3) is 5.53. The molecule has 0 aliphatic heterocycles. The van der Waals surface area contributed by atoms with Crippen LogP contribution in [0.2, 0.25) is 5.02 Å². The summed E-state index contributed by atoms with van der Waals surface area (Å²) in [6, 6.07) is 9.87. The van der Waals surface area contributed by atoms with E-state index < -0.39 is 6.03 Å². The standard InChI is InChI=1S/C24H26ClN9O2/c1-14-5-4-6-19(30-14)32-24(36)31-18-8-7-15(11-17(18)25)20-16(23(35)27-9-10-33(2)3)12-34-21(20)22(26)28-13-29-34/h4-8,11-13H,9-10H2,1-3H3,(H,27,35)(H2,26,28,29)(H2,30,31,32,36). The highest BCUT2D eigenvalue weighted by Gasteiger charge is 2.22. The lowest BCUT2D eigenvalue weighted by Crippen LogP contribution is -2.31. The normalized spacial score (nSPS) is 11.0. The topological polar surface area (TPSA) is 143 Å². The Bertz CT molecular complexity index is 1430. The maximum absolute atomic E-state index is 13.1. The van der Waals surface area contributed by atoms with Crippen LogP contribution in [-0.2, 0) is 0 Å². The molecule has 0 atom stereocenters. The monoisotopic (exact) mass is 507 g/mol. The molecule has 0 bridgehead atoms. The number of hydrogen-bond donors (Lipinski definition) is 4. The lowest BCUT2D eigenvalue weighted by Gasteiger charge is -2.12. The van der Waals surface area contributed by atoms with Gasteiger partial charge in [-0.15, -0.1) is 0 Å². The van der Waals surface area contributed by atoms with Crippen LogP contribution in [-0.4, -0.2) is 63.6 Å². The number of carbonyl (C=O) groups excluding carboxylic acids is 2. The highest BCUT2D eigenvalue weighted by Crippen LogP contribution is 2.36. The predicted molar refractivity (Wildman–Crippen MR) is 140 cm³/mol. The molecule has 3 aromatic heterocycles. The quantitative estimate of drug-likeness (QED) is 0.300. The molecule has 186 valence electrons. The van der Waals surface area contributed by atoms with Gasteiger partial charge in [-0.3, -0.25) is 10.1 Å². The second-order valence-corrected chi connectivity index (χ2v) is 8.76. The van der Waals surface area contributed by atoms with Crippen LogP contribution in [0.1, 0.15) is 16.1 Å². The molecule has 0 saturated heterocycles. The fourth-order valence-corrected chi connectivity index (χ4v) is 3.87. The van der Waals surface area contributed by atoms with E-state index >= 15 is 0 Å². The first-order valence-corrected chi connectivity index (χ1v) is 11.5. The van der Waals surface area contributed by atoms with Gasteiger partial charge in [0.05, 0.1) is 16.3 Å². The third-order valence-electron chi connectivity index (χ3n) is 5.33. The number of aryl methyl sites for hydroxylation is 1. The minimum absolute atomic E-state index is 0.218. The number of hydrogen-bond acceptors (Lipinski definition) is 7. The van der Waals surface area contributed by atoms with Crippen molar-refractivity contribution in [3.05, 3.63) is 65.2 Å². The number of nitrogens with zero attached hydrogens (tertiary/aromatic N) is 5. The highest BCUT2D eigenvalue weighted by atomic mass is 35.5. The third-order valence-corrected chi connectivity index (χ3v) is 5.64. The molecule has 3 amide bonds. The smallest absolute Gasteiger partial charge is 0.324 e. The number of nitrogens with two attached hydrogens (primary N) is 1. The molecule has 0 fully saturated rings. The van der Waals surface area contributed by atoms with Crippen molar-refractivity contribution in [1.29, 1.82) is 0 Å². The summed E-state index contributed by atoms with van der Waals surface area (Å²) in [4.78, 5) is 35.8. The molecule has 1 aromatic carbocycles. The lowest BCUT2D eigenvalue weighted by atomic mass is 10.0. The zero-order valence-corrected chi connectivity index (χ0v) is 20.8. The fourth-order valence-electron chi connectivity index (χ4n) is 3.64. The zero-order valence-electron chi connectivity index (χ0n) is 20.0. The van der Waals surface area contributed by atoms with Crippen LogP contribution in [0.4, 0.5) is 22.1 Å². The molecule has 0 saturated carbocycles. The molecule has 0 unspecified atom stereocenters. The van der Waals surface area contributed by atoms with Crippen LogP contribution < -0.4 is 21.7 Å². The Labute approximate surface area is 212 Å². The van der Waals surface area contributed by atoms with Crippen molar-refractivity contribution in [2.24, 2.45) is 0 Å². The van der Waals surface area contributed by atoms with Gasteiger partial charge in [0, 0.05) is 30.5 Å². The summed E-state index contributed by atoms with van der Waals surface area (Å²) in [5.74, 6) is 0.358. The number of nitrogen functional groups attached to an aromatic ring is 1. The first kappa shape index (κ1) is 24.9. The molecule has 4 aromatic rings. The van der Waals surface area contributed by atoms with Crippen molar-refractivity contribution < 1.29 is 9.59 Å². The Morgan fingerprint density at radius 2 is 1.97 bits per heavy atom. The summed E-state index contributed by atoms with van der Waals surface area (Å²) in [6.45, 7) is 2.98. The number of amides is 3. The maximum Gasteiger partial charge on any atom is 0.324 e. The number of urea groups is 1. The molecule has 36 heavy (non-hydrogen) atoms. The number of halogens is 1. The molecule has 11 nitrogen and oxygen atoms in total. The SMILES string of the molecule is Cc1cccc(NC(=O)Nc2ccc(-c3c(C(=O)NCCN(C)C)cn4ncnc(N)c34)cc2Cl)n1. The number of likely N-dealkylation sites (N-methyl/N-ethyl adjacent to an activating group) is 1. The molecule has 0 aliphatic rings. The Morgan fingerprint density at radius 1 is 1.17 bits per heavy atom. The van der Waals surface area contributed by atoms with E-state index in [2.05, 4.69) is 31.0 Å². The van der Waals surface area contributed by atoms with Gasteiger partial charge in [-0.2, -0.15) is 5.10 Å². The van der Waals surface area contributed by atoms with Crippen LogP contribution in [0, 0.1) is 6.92 Å². The first-order valence-electron chi connectivity index (χ1n) is 11.1. The average Bonchev–Trinajstić information content (AvgIpc) is 3.21. The number of pyridine rings is 1. The van der Waals surface area contributed by atoms with Crippen LogP contribution >= 0.6 is 11.6 Å². The van der Waals surface area contributed by atoms with E-state index in [1.165, 1.54) is 10.8 Å². The van der Waals surface area contributed by atoms with Gasteiger partial charge < -0.3 is 21.3 Å². The number of aromatic nitrogens is 4. The fraction of sp³-hybridized carbons (Fsp3) is 0.208. The van der Waals surface area contributed by atoms with Crippen molar-refractivity contribution in [1.82, 2.24) is 29.8 Å². The second-order valence-electron chi connectivity index (χ2n) is 8.35. The van der Waals surface area contributed by atoms with Crippen molar-refractivity contribution in [2.45, 2.75) is 6.92 Å². The number of fused-ring (bicyclic) bond motifs is 1. The summed E-state index contributed by atoms with van der Waals surface area (Å²) in [5.41, 5.74) is 9.33. The van der Waals surface area contributed by atoms with Crippen molar-refractivity contribution >= 4 is 46.4 Å². The van der Waals surface area contributed by atoms with Crippen LogP contribution in [0.3, 0.4) is 0 Å². The van der Waals surface area contributed by atoms with Gasteiger partial charge in [-0.05, 0) is 50.8 Å². The summed E-state index contributed by atoms with van der Waals surface area (Å²) in [6.07, 6.45) is 2.93. The van der Waals surface area contributed by atoms with Crippen LogP contribution in [0.15, 0.2) is 48.9 Å². The molecule has 3 heterocycles. The summed E-state index contributed by atoms with van der Waals surface area (Å²) in [5, 5.41) is 12.8. The lowest BCUT2D eigenvalue weighted by molar-refractivity contribution is 0.0951. The van der Waals surface area contributed by atoms with Gasteiger partial charge in [0.2, 0.25) is 0 Å².